The molecule has 0 aliphatic rings. The van der Waals surface area contributed by atoms with Crippen molar-refractivity contribution in [3.63, 3.8) is 0 Å². The first-order chi connectivity index (χ1) is 9.22. The second-order valence-corrected chi connectivity index (χ2v) is 3.45. The van der Waals surface area contributed by atoms with E-state index in [1.54, 1.807) is 0 Å². The minimum atomic E-state index is -5.15. The lowest BCUT2D eigenvalue weighted by atomic mass is 10.0. The Bertz CT molecular complexity index is 563. The molecule has 1 heterocycles. The lowest BCUT2D eigenvalue weighted by molar-refractivity contribution is -0.139. The molecule has 0 fully saturated rings. The fourth-order valence-corrected chi connectivity index (χ4v) is 1.42. The Kier molecular flexibility index (Phi) is 4.60. The van der Waals surface area contributed by atoms with E-state index in [0.29, 0.717) is 0 Å². The van der Waals surface area contributed by atoms with E-state index in [4.69, 9.17) is 5.26 Å². The third-order valence-corrected chi connectivity index (χ3v) is 2.17. The molecule has 0 N–H and O–H groups in total. The summed E-state index contributed by atoms with van der Waals surface area (Å²) in [5.41, 5.74) is -5.37. The summed E-state index contributed by atoms with van der Waals surface area (Å²) >= 11 is 0. The van der Waals surface area contributed by atoms with Gasteiger partial charge in [-0.25, -0.2) is 18.6 Å². The van der Waals surface area contributed by atoms with Gasteiger partial charge in [-0.2, -0.15) is 18.4 Å². The van der Waals surface area contributed by atoms with Crippen LogP contribution in [0.4, 0.5) is 22.0 Å². The standard InChI is InChI=1S/C11H7F5N2O2/c1-2-20-10(19)8-7(9(12)13)6(11(14,15)16)3-5(4-17)18-8/h3,9H,2H2,1H3. The van der Waals surface area contributed by atoms with Crippen molar-refractivity contribution in [3.05, 3.63) is 28.6 Å². The fraction of sp³-hybridized carbons (Fsp3) is 0.364. The summed E-state index contributed by atoms with van der Waals surface area (Å²) in [6, 6.07) is 1.45. The molecule has 0 unspecified atom stereocenters. The lowest BCUT2D eigenvalue weighted by Gasteiger charge is -2.15. The Morgan fingerprint density at radius 1 is 1.50 bits per heavy atom. The number of nitrogens with zero attached hydrogens (tertiary/aromatic N) is 2. The number of aromatic nitrogens is 1. The molecule has 0 bridgehead atoms. The third-order valence-electron chi connectivity index (χ3n) is 2.17. The molecule has 1 rings (SSSR count). The number of esters is 1. The van der Waals surface area contributed by atoms with Crippen molar-refractivity contribution in [1.82, 2.24) is 4.98 Å². The van der Waals surface area contributed by atoms with E-state index in [1.807, 2.05) is 0 Å². The van der Waals surface area contributed by atoms with Crippen molar-refractivity contribution in [2.24, 2.45) is 0 Å². The lowest BCUT2D eigenvalue weighted by Crippen LogP contribution is -2.18. The van der Waals surface area contributed by atoms with Crippen molar-refractivity contribution in [3.8, 4) is 6.07 Å². The highest BCUT2D eigenvalue weighted by molar-refractivity contribution is 5.89. The topological polar surface area (TPSA) is 63.0 Å². The molecular formula is C11H7F5N2O2. The van der Waals surface area contributed by atoms with Crippen LogP contribution in [0.25, 0.3) is 0 Å². The minimum absolute atomic E-state index is 0.171. The van der Waals surface area contributed by atoms with Crippen LogP contribution in [0.5, 0.6) is 0 Å². The molecule has 0 aliphatic carbocycles. The number of rotatable bonds is 3. The van der Waals surface area contributed by atoms with Gasteiger partial charge in [0.25, 0.3) is 6.43 Å². The van der Waals surface area contributed by atoms with Crippen LogP contribution in [-0.2, 0) is 10.9 Å². The van der Waals surface area contributed by atoms with Crippen molar-refractivity contribution in [2.45, 2.75) is 19.5 Å². The number of ether oxygens (including phenoxy) is 1. The van der Waals surface area contributed by atoms with Gasteiger partial charge in [0.05, 0.1) is 17.7 Å². The molecule has 4 nitrogen and oxygen atoms in total. The van der Waals surface area contributed by atoms with E-state index in [2.05, 4.69) is 9.72 Å². The zero-order chi connectivity index (χ0) is 15.5. The van der Waals surface area contributed by atoms with Gasteiger partial charge in [0, 0.05) is 0 Å². The summed E-state index contributed by atoms with van der Waals surface area (Å²) in [5, 5.41) is 8.57. The normalized spacial score (nSPS) is 11.3. The predicted octanol–water partition coefficient (Wildman–Crippen LogP) is 3.09. The third kappa shape index (κ3) is 3.20. The summed E-state index contributed by atoms with van der Waals surface area (Å²) in [6.07, 6.45) is -8.74. The van der Waals surface area contributed by atoms with E-state index in [1.165, 1.54) is 13.0 Å². The van der Waals surface area contributed by atoms with Crippen LogP contribution in [-0.4, -0.2) is 17.6 Å². The van der Waals surface area contributed by atoms with Crippen LogP contribution in [0.3, 0.4) is 0 Å². The highest BCUT2D eigenvalue weighted by atomic mass is 19.4. The summed E-state index contributed by atoms with van der Waals surface area (Å²) < 4.78 is 68.2. The van der Waals surface area contributed by atoms with Gasteiger partial charge < -0.3 is 4.74 Å². The van der Waals surface area contributed by atoms with Crippen molar-refractivity contribution in [2.75, 3.05) is 6.61 Å². The molecule has 20 heavy (non-hydrogen) atoms. The number of hydrogen-bond donors (Lipinski definition) is 0. The van der Waals surface area contributed by atoms with E-state index >= 15 is 0 Å². The maximum Gasteiger partial charge on any atom is 0.417 e. The molecule has 1 aromatic heterocycles. The average molecular weight is 294 g/mol. The number of pyridine rings is 1. The molecule has 0 atom stereocenters. The zero-order valence-electron chi connectivity index (χ0n) is 9.96. The predicted molar refractivity (Wildman–Crippen MR) is 54.9 cm³/mol. The van der Waals surface area contributed by atoms with Gasteiger partial charge in [0.2, 0.25) is 0 Å². The van der Waals surface area contributed by atoms with Gasteiger partial charge in [0.1, 0.15) is 11.8 Å². The Balaban J connectivity index is 3.64. The van der Waals surface area contributed by atoms with Gasteiger partial charge >= 0.3 is 12.1 Å². The van der Waals surface area contributed by atoms with E-state index < -0.39 is 41.1 Å². The number of carbonyl (C=O) groups excluding carboxylic acids is 1. The highest BCUT2D eigenvalue weighted by Crippen LogP contribution is 2.38. The molecule has 0 amide bonds. The van der Waals surface area contributed by atoms with Gasteiger partial charge in [-0.3, -0.25) is 0 Å². The summed E-state index contributed by atoms with van der Waals surface area (Å²) in [5.74, 6) is -1.44. The van der Waals surface area contributed by atoms with Crippen LogP contribution in [0, 0.1) is 11.3 Å². The molecule has 0 spiro atoms. The van der Waals surface area contributed by atoms with Crippen molar-refractivity contribution >= 4 is 5.97 Å². The average Bonchev–Trinajstić information content (AvgIpc) is 2.36. The SMILES string of the molecule is CCOC(=O)c1nc(C#N)cc(C(F)(F)F)c1C(F)F. The summed E-state index contributed by atoms with van der Waals surface area (Å²) in [4.78, 5) is 14.6. The Labute approximate surface area is 109 Å². The Morgan fingerprint density at radius 2 is 2.10 bits per heavy atom. The van der Waals surface area contributed by atoms with Crippen LogP contribution in [0.1, 0.15) is 40.7 Å². The molecule has 0 aliphatic heterocycles. The first-order valence-corrected chi connectivity index (χ1v) is 5.19. The van der Waals surface area contributed by atoms with Gasteiger partial charge in [-0.05, 0) is 13.0 Å². The van der Waals surface area contributed by atoms with Gasteiger partial charge in [-0.15, -0.1) is 0 Å². The second kappa shape index (κ2) is 5.81. The first-order valence-electron chi connectivity index (χ1n) is 5.19. The molecule has 0 saturated carbocycles. The first kappa shape index (κ1) is 15.8. The van der Waals surface area contributed by atoms with Crippen LogP contribution < -0.4 is 0 Å². The quantitative estimate of drug-likeness (QED) is 0.635. The van der Waals surface area contributed by atoms with Crippen LogP contribution in [0.15, 0.2) is 6.07 Å². The maximum absolute atomic E-state index is 12.8. The fourth-order valence-electron chi connectivity index (χ4n) is 1.42. The molecule has 108 valence electrons. The molecule has 0 radical (unpaired) electrons. The molecular weight excluding hydrogens is 287 g/mol. The molecule has 9 heteroatoms. The Hall–Kier alpha value is -2.24. The number of halogens is 5. The Morgan fingerprint density at radius 3 is 2.50 bits per heavy atom. The van der Waals surface area contributed by atoms with E-state index in [0.717, 1.165) is 0 Å². The largest absolute Gasteiger partial charge is 0.461 e. The number of nitriles is 1. The number of alkyl halides is 5. The monoisotopic (exact) mass is 294 g/mol. The van der Waals surface area contributed by atoms with Crippen LogP contribution in [0.2, 0.25) is 0 Å². The van der Waals surface area contributed by atoms with Gasteiger partial charge in [-0.1, -0.05) is 0 Å². The molecule has 0 saturated heterocycles. The van der Waals surface area contributed by atoms with E-state index in [9.17, 15) is 26.7 Å². The van der Waals surface area contributed by atoms with Crippen molar-refractivity contribution in [1.29, 1.82) is 5.26 Å². The smallest absolute Gasteiger partial charge is 0.417 e. The molecule has 0 aromatic carbocycles. The minimum Gasteiger partial charge on any atom is -0.461 e. The summed E-state index contributed by atoms with van der Waals surface area (Å²) in [7, 11) is 0. The maximum atomic E-state index is 12.8. The van der Waals surface area contributed by atoms with E-state index in [-0.39, 0.29) is 12.7 Å². The molecule has 1 aromatic rings. The van der Waals surface area contributed by atoms with Crippen LogP contribution >= 0.6 is 0 Å². The van der Waals surface area contributed by atoms with Crippen molar-refractivity contribution < 1.29 is 31.5 Å². The second-order valence-electron chi connectivity index (χ2n) is 3.45. The zero-order valence-corrected chi connectivity index (χ0v) is 9.96. The number of hydrogen-bond acceptors (Lipinski definition) is 4. The summed E-state index contributed by atoms with van der Waals surface area (Å²) in [6.45, 7) is 1.11. The van der Waals surface area contributed by atoms with Gasteiger partial charge in [0.15, 0.2) is 5.69 Å². The highest BCUT2D eigenvalue weighted by Gasteiger charge is 2.39. The number of carbonyl (C=O) groups is 1.